The summed E-state index contributed by atoms with van der Waals surface area (Å²) in [6.07, 6.45) is 29.9. The second-order valence-electron chi connectivity index (χ2n) is 22.6. The molecule has 0 aliphatic heterocycles. The van der Waals surface area contributed by atoms with Gasteiger partial charge in [-0.3, -0.25) is 37.3 Å². The van der Waals surface area contributed by atoms with Gasteiger partial charge in [0, 0.05) is 25.7 Å². The fraction of sp³-hybridized carbons (Fsp3) is 0.932. The number of carbonyl (C=O) groups is 4. The highest BCUT2D eigenvalue weighted by atomic mass is 31.2. The molecule has 0 aromatic heterocycles. The molecule has 0 amide bonds. The third kappa shape index (κ3) is 52.2. The smallest absolute Gasteiger partial charge is 0.462 e. The lowest BCUT2D eigenvalue weighted by molar-refractivity contribution is -0.161. The Bertz CT molecular complexity index is 1560. The fourth-order valence-corrected chi connectivity index (χ4v) is 10.1. The molecule has 3 unspecified atom stereocenters. The van der Waals surface area contributed by atoms with Crippen molar-refractivity contribution in [1.29, 1.82) is 0 Å². The Kier molecular flexibility index (Phi) is 49.5. The van der Waals surface area contributed by atoms with Gasteiger partial charge in [-0.1, -0.05) is 228 Å². The molecular weight excluding hydrogens is 1040 g/mol. The van der Waals surface area contributed by atoms with E-state index in [1.165, 1.54) is 77.0 Å². The lowest BCUT2D eigenvalue weighted by atomic mass is 10.00. The first-order valence-electron chi connectivity index (χ1n) is 30.9. The van der Waals surface area contributed by atoms with Crippen LogP contribution in [0.3, 0.4) is 0 Å². The van der Waals surface area contributed by atoms with Gasteiger partial charge in [-0.15, -0.1) is 0 Å². The molecule has 0 saturated heterocycles. The highest BCUT2D eigenvalue weighted by Gasteiger charge is 2.30. The van der Waals surface area contributed by atoms with Gasteiger partial charge in [-0.25, -0.2) is 9.13 Å². The molecule has 3 N–H and O–H groups in total. The number of hydrogen-bond acceptors (Lipinski definition) is 15. The van der Waals surface area contributed by atoms with Crippen molar-refractivity contribution >= 4 is 39.5 Å². The van der Waals surface area contributed by atoms with Crippen LogP contribution in [0.4, 0.5) is 0 Å². The molecule has 0 rings (SSSR count). The Hall–Kier alpha value is -1.94. The van der Waals surface area contributed by atoms with Crippen molar-refractivity contribution in [3.8, 4) is 0 Å². The Labute approximate surface area is 473 Å². The van der Waals surface area contributed by atoms with Gasteiger partial charge < -0.3 is 33.8 Å². The molecular formula is C59H114O17P2. The summed E-state index contributed by atoms with van der Waals surface area (Å²) in [5.74, 6) is 0.00772. The first-order chi connectivity index (χ1) is 37.3. The van der Waals surface area contributed by atoms with E-state index in [1.807, 2.05) is 0 Å². The van der Waals surface area contributed by atoms with Crippen molar-refractivity contribution in [2.45, 2.75) is 298 Å². The SMILES string of the molecule is CCCCCCCC(=O)OC[C@H](COP(=O)(O)OC[C@H](O)COP(=O)(O)OC[C@@H](COC(=O)CCCCCCCCC(C)CC)OC(=O)CCCCCCCCCCCCCC(C)C)OC(=O)CCCCCCCCC(C)C. The number of phosphoric ester groups is 2. The number of phosphoric acid groups is 2. The first kappa shape index (κ1) is 76.1. The summed E-state index contributed by atoms with van der Waals surface area (Å²) in [5.41, 5.74) is 0. The number of esters is 4. The standard InChI is InChI=1S/C59H114O17P2/c1-8-10-11-23-33-40-56(61)69-46-54(76-59(64)43-36-29-21-19-25-31-38-51(5)6)48-73-77(65,66)71-44-53(60)45-72-78(67,68)74-49-55(47-70-57(62)41-34-27-22-20-26-32-39-52(7)9-2)75-58(63)42-35-28-18-16-14-12-13-15-17-24-30-37-50(3)4/h50-55,60H,8-49H2,1-7H3,(H,65,66)(H,67,68)/t52?,53-,54+,55+/m0/s1. The summed E-state index contributed by atoms with van der Waals surface area (Å²) < 4.78 is 67.5. The van der Waals surface area contributed by atoms with Crippen molar-refractivity contribution in [2.75, 3.05) is 39.6 Å². The molecule has 17 nitrogen and oxygen atoms in total. The number of unbranched alkanes of at least 4 members (excludes halogenated alkanes) is 24. The van der Waals surface area contributed by atoms with E-state index in [4.69, 9.17) is 37.0 Å². The lowest BCUT2D eigenvalue weighted by Crippen LogP contribution is -2.30. The summed E-state index contributed by atoms with van der Waals surface area (Å²) in [6.45, 7) is 11.5. The predicted octanol–water partition coefficient (Wildman–Crippen LogP) is 15.6. The fourth-order valence-electron chi connectivity index (χ4n) is 8.56. The van der Waals surface area contributed by atoms with E-state index in [-0.39, 0.29) is 25.7 Å². The maximum atomic E-state index is 12.9. The molecule has 0 aliphatic carbocycles. The number of aliphatic hydroxyl groups excluding tert-OH is 1. The number of hydrogen-bond donors (Lipinski definition) is 3. The lowest BCUT2D eigenvalue weighted by Gasteiger charge is -2.21. The Balaban J connectivity index is 5.19. The minimum absolute atomic E-state index is 0.101. The molecule has 0 saturated carbocycles. The number of rotatable bonds is 57. The van der Waals surface area contributed by atoms with E-state index in [1.54, 1.807) is 0 Å². The summed E-state index contributed by atoms with van der Waals surface area (Å²) >= 11 is 0. The molecule has 0 aromatic rings. The molecule has 19 heteroatoms. The van der Waals surface area contributed by atoms with Crippen LogP contribution in [0.2, 0.25) is 0 Å². The van der Waals surface area contributed by atoms with Gasteiger partial charge in [0.1, 0.15) is 19.3 Å². The molecule has 0 aromatic carbocycles. The van der Waals surface area contributed by atoms with Crippen molar-refractivity contribution in [3.05, 3.63) is 0 Å². The van der Waals surface area contributed by atoms with Crippen molar-refractivity contribution in [1.82, 2.24) is 0 Å². The summed E-state index contributed by atoms with van der Waals surface area (Å²) in [5, 5.41) is 10.5. The molecule has 0 fully saturated rings. The third-order valence-electron chi connectivity index (χ3n) is 13.7. The van der Waals surface area contributed by atoms with E-state index in [2.05, 4.69) is 48.5 Å². The van der Waals surface area contributed by atoms with Crippen LogP contribution in [-0.2, 0) is 65.4 Å². The van der Waals surface area contributed by atoms with Gasteiger partial charge >= 0.3 is 39.5 Å². The molecule has 462 valence electrons. The van der Waals surface area contributed by atoms with Crippen molar-refractivity contribution in [3.63, 3.8) is 0 Å². The molecule has 0 spiro atoms. The highest BCUT2D eigenvalue weighted by molar-refractivity contribution is 7.47. The Morgan fingerprint density at radius 2 is 0.654 bits per heavy atom. The van der Waals surface area contributed by atoms with Crippen LogP contribution in [-0.4, -0.2) is 96.7 Å². The van der Waals surface area contributed by atoms with Gasteiger partial charge in [0.25, 0.3) is 0 Å². The Morgan fingerprint density at radius 3 is 0.974 bits per heavy atom. The highest BCUT2D eigenvalue weighted by Crippen LogP contribution is 2.45. The van der Waals surface area contributed by atoms with E-state index in [0.717, 1.165) is 115 Å². The van der Waals surface area contributed by atoms with Crippen LogP contribution in [0.25, 0.3) is 0 Å². The topological polar surface area (TPSA) is 237 Å². The van der Waals surface area contributed by atoms with E-state index in [9.17, 15) is 43.2 Å². The zero-order chi connectivity index (χ0) is 58.1. The van der Waals surface area contributed by atoms with Crippen LogP contribution in [0.1, 0.15) is 280 Å². The number of ether oxygens (including phenoxy) is 4. The number of aliphatic hydroxyl groups is 1. The summed E-state index contributed by atoms with van der Waals surface area (Å²) in [7, 11) is -9.87. The zero-order valence-corrected chi connectivity index (χ0v) is 51.9. The van der Waals surface area contributed by atoms with Crippen LogP contribution < -0.4 is 0 Å². The molecule has 0 radical (unpaired) electrons. The molecule has 0 aliphatic rings. The van der Waals surface area contributed by atoms with E-state index >= 15 is 0 Å². The average Bonchev–Trinajstić information content (AvgIpc) is 3.39. The van der Waals surface area contributed by atoms with Gasteiger partial charge in [0.05, 0.1) is 26.4 Å². The van der Waals surface area contributed by atoms with Gasteiger partial charge in [-0.2, -0.15) is 0 Å². The van der Waals surface area contributed by atoms with Gasteiger partial charge in [0.15, 0.2) is 12.2 Å². The maximum Gasteiger partial charge on any atom is 0.472 e. The summed E-state index contributed by atoms with van der Waals surface area (Å²) in [6, 6.07) is 0. The Morgan fingerprint density at radius 1 is 0.372 bits per heavy atom. The van der Waals surface area contributed by atoms with Crippen molar-refractivity contribution < 1.29 is 80.2 Å². The van der Waals surface area contributed by atoms with E-state index in [0.29, 0.717) is 31.6 Å². The van der Waals surface area contributed by atoms with Crippen LogP contribution >= 0.6 is 15.6 Å². The van der Waals surface area contributed by atoms with Crippen LogP contribution in [0.15, 0.2) is 0 Å². The largest absolute Gasteiger partial charge is 0.472 e. The molecule has 0 bridgehead atoms. The van der Waals surface area contributed by atoms with Crippen molar-refractivity contribution in [2.24, 2.45) is 17.8 Å². The summed E-state index contributed by atoms with van der Waals surface area (Å²) in [4.78, 5) is 71.7. The normalized spacial score (nSPS) is 14.9. The monoisotopic (exact) mass is 1160 g/mol. The average molecular weight is 1160 g/mol. The third-order valence-corrected chi connectivity index (χ3v) is 15.6. The zero-order valence-electron chi connectivity index (χ0n) is 50.1. The minimum Gasteiger partial charge on any atom is -0.462 e. The van der Waals surface area contributed by atoms with E-state index < -0.39 is 97.5 Å². The number of carbonyl (C=O) groups excluding carboxylic acids is 4. The maximum absolute atomic E-state index is 12.9. The molecule has 6 atom stereocenters. The quantitative estimate of drug-likeness (QED) is 0.0222. The van der Waals surface area contributed by atoms with Gasteiger partial charge in [-0.05, 0) is 43.4 Å². The molecule has 78 heavy (non-hydrogen) atoms. The van der Waals surface area contributed by atoms with Crippen LogP contribution in [0, 0.1) is 17.8 Å². The predicted molar refractivity (Wildman–Crippen MR) is 308 cm³/mol. The molecule has 0 heterocycles. The first-order valence-corrected chi connectivity index (χ1v) is 33.9. The minimum atomic E-state index is -4.94. The second-order valence-corrected chi connectivity index (χ2v) is 25.5. The van der Waals surface area contributed by atoms with Gasteiger partial charge in [0.2, 0.25) is 0 Å². The second kappa shape index (κ2) is 50.8. The van der Waals surface area contributed by atoms with Crippen LogP contribution in [0.5, 0.6) is 0 Å².